The Labute approximate surface area is 165 Å². The summed E-state index contributed by atoms with van der Waals surface area (Å²) < 4.78 is 13.0. The monoisotopic (exact) mass is 388 g/mol. The second kappa shape index (κ2) is 7.93. The molecule has 0 aliphatic heterocycles. The number of para-hydroxylation sites is 1. The normalized spacial score (nSPS) is 10.7. The lowest BCUT2D eigenvalue weighted by atomic mass is 10.1. The Bertz CT molecular complexity index is 1180. The highest BCUT2D eigenvalue weighted by Crippen LogP contribution is 2.16. The fraction of sp³-hybridized carbons (Fsp3) is 0.0455. The van der Waals surface area contributed by atoms with E-state index in [9.17, 15) is 14.0 Å². The van der Waals surface area contributed by atoms with Crippen molar-refractivity contribution in [2.75, 3.05) is 5.32 Å². The first kappa shape index (κ1) is 18.4. The molecular weight excluding hydrogens is 371 g/mol. The van der Waals surface area contributed by atoms with Gasteiger partial charge in [0.2, 0.25) is 0 Å². The van der Waals surface area contributed by atoms with E-state index in [2.05, 4.69) is 20.8 Å². The van der Waals surface area contributed by atoms with Gasteiger partial charge >= 0.3 is 0 Å². The molecule has 0 unspecified atom stereocenters. The Morgan fingerprint density at radius 3 is 2.55 bits per heavy atom. The summed E-state index contributed by atoms with van der Waals surface area (Å²) in [6, 6.07) is 19.9. The quantitative estimate of drug-likeness (QED) is 0.485. The zero-order valence-electron chi connectivity index (χ0n) is 15.3. The van der Waals surface area contributed by atoms with E-state index in [-0.39, 0.29) is 18.4 Å². The third kappa shape index (κ3) is 4.14. The van der Waals surface area contributed by atoms with Crippen LogP contribution < -0.4 is 10.6 Å². The molecule has 0 atom stereocenters. The number of anilines is 1. The van der Waals surface area contributed by atoms with E-state index in [4.69, 9.17) is 0 Å². The van der Waals surface area contributed by atoms with Crippen LogP contribution in [0.4, 0.5) is 10.1 Å². The van der Waals surface area contributed by atoms with Crippen LogP contribution in [0.2, 0.25) is 0 Å². The summed E-state index contributed by atoms with van der Waals surface area (Å²) in [6.45, 7) is 0.278. The molecule has 0 bridgehead atoms. The second-order valence-electron chi connectivity index (χ2n) is 6.46. The van der Waals surface area contributed by atoms with Gasteiger partial charge in [-0.05, 0) is 48.0 Å². The van der Waals surface area contributed by atoms with Crippen LogP contribution in [0.1, 0.15) is 26.4 Å². The Morgan fingerprint density at radius 1 is 0.931 bits per heavy atom. The Kier molecular flexibility index (Phi) is 5.03. The number of fused-ring (bicyclic) bond motifs is 1. The molecule has 4 rings (SSSR count). The predicted molar refractivity (Wildman–Crippen MR) is 108 cm³/mol. The first-order chi connectivity index (χ1) is 14.1. The predicted octanol–water partition coefficient (Wildman–Crippen LogP) is 3.88. The summed E-state index contributed by atoms with van der Waals surface area (Å²) in [4.78, 5) is 24.7. The zero-order chi connectivity index (χ0) is 20.2. The van der Waals surface area contributed by atoms with E-state index in [0.29, 0.717) is 16.9 Å². The van der Waals surface area contributed by atoms with E-state index in [1.165, 1.54) is 24.3 Å². The smallest absolute Gasteiger partial charge is 0.272 e. The number of H-pyrrole nitrogens is 1. The number of benzene rings is 3. The van der Waals surface area contributed by atoms with Crippen LogP contribution in [-0.2, 0) is 6.54 Å². The Hall–Kier alpha value is -4.00. The number of aromatic nitrogens is 2. The van der Waals surface area contributed by atoms with Gasteiger partial charge in [-0.1, -0.05) is 30.3 Å². The van der Waals surface area contributed by atoms with Gasteiger partial charge in [-0.3, -0.25) is 14.7 Å². The van der Waals surface area contributed by atoms with Crippen molar-refractivity contribution < 1.29 is 14.0 Å². The molecule has 0 radical (unpaired) electrons. The van der Waals surface area contributed by atoms with E-state index in [1.807, 2.05) is 30.3 Å². The number of rotatable bonds is 5. The van der Waals surface area contributed by atoms with Gasteiger partial charge in [-0.2, -0.15) is 5.10 Å². The van der Waals surface area contributed by atoms with E-state index in [1.54, 1.807) is 18.2 Å². The molecule has 1 aromatic heterocycles. The number of aromatic amines is 1. The van der Waals surface area contributed by atoms with Crippen LogP contribution in [-0.4, -0.2) is 22.0 Å². The lowest BCUT2D eigenvalue weighted by molar-refractivity contribution is 0.0946. The summed E-state index contributed by atoms with van der Waals surface area (Å²) in [7, 11) is 0. The molecule has 6 nitrogen and oxygen atoms in total. The van der Waals surface area contributed by atoms with Crippen LogP contribution in [0, 0.1) is 5.82 Å². The number of carbonyl (C=O) groups excluding carboxylic acids is 2. The minimum atomic E-state index is -0.399. The topological polar surface area (TPSA) is 86.9 Å². The van der Waals surface area contributed by atoms with Gasteiger partial charge in [0, 0.05) is 23.2 Å². The first-order valence-corrected chi connectivity index (χ1v) is 8.97. The van der Waals surface area contributed by atoms with Crippen molar-refractivity contribution in [2.24, 2.45) is 0 Å². The van der Waals surface area contributed by atoms with E-state index < -0.39 is 5.82 Å². The maximum absolute atomic E-state index is 13.0. The number of halogens is 1. The minimum absolute atomic E-state index is 0.278. The molecule has 29 heavy (non-hydrogen) atoms. The average Bonchev–Trinajstić information content (AvgIpc) is 3.17. The van der Waals surface area contributed by atoms with Crippen molar-refractivity contribution in [3.63, 3.8) is 0 Å². The number of hydrogen-bond acceptors (Lipinski definition) is 3. The van der Waals surface area contributed by atoms with Gasteiger partial charge in [-0.15, -0.1) is 0 Å². The molecule has 3 aromatic carbocycles. The second-order valence-corrected chi connectivity index (χ2v) is 6.46. The van der Waals surface area contributed by atoms with Crippen molar-refractivity contribution in [1.29, 1.82) is 0 Å². The van der Waals surface area contributed by atoms with Crippen molar-refractivity contribution in [3.05, 3.63) is 95.4 Å². The Morgan fingerprint density at radius 2 is 1.72 bits per heavy atom. The molecule has 3 N–H and O–H groups in total. The molecular formula is C22H17FN4O2. The molecule has 144 valence electrons. The fourth-order valence-electron chi connectivity index (χ4n) is 2.97. The summed E-state index contributed by atoms with van der Waals surface area (Å²) in [6.07, 6.45) is 0. The largest absolute Gasteiger partial charge is 0.347 e. The third-order valence-electron chi connectivity index (χ3n) is 4.43. The lowest BCUT2D eigenvalue weighted by Crippen LogP contribution is -2.23. The molecule has 0 aliphatic carbocycles. The number of nitrogens with zero attached hydrogens (tertiary/aromatic N) is 1. The molecule has 0 spiro atoms. The van der Waals surface area contributed by atoms with Gasteiger partial charge in [0.15, 0.2) is 5.69 Å². The number of carbonyl (C=O) groups is 2. The highest BCUT2D eigenvalue weighted by atomic mass is 19.1. The molecule has 4 aromatic rings. The average molecular weight is 388 g/mol. The fourth-order valence-corrected chi connectivity index (χ4v) is 2.97. The van der Waals surface area contributed by atoms with Crippen molar-refractivity contribution in [3.8, 4) is 0 Å². The molecule has 2 amide bonds. The highest BCUT2D eigenvalue weighted by Gasteiger charge is 2.13. The molecule has 0 aliphatic rings. The van der Waals surface area contributed by atoms with E-state index >= 15 is 0 Å². The number of amides is 2. The van der Waals surface area contributed by atoms with Crippen molar-refractivity contribution in [2.45, 2.75) is 6.54 Å². The maximum atomic E-state index is 13.0. The minimum Gasteiger partial charge on any atom is -0.347 e. The molecule has 7 heteroatoms. The standard InChI is InChI=1S/C22H17FN4O2/c23-16-10-8-15(9-11-16)21(28)25-17-5-3-4-14(12-17)13-24-22(29)20-18-6-1-2-7-19(18)26-27-20/h1-12H,13H2,(H,24,29)(H,25,28)(H,26,27). The van der Waals surface area contributed by atoms with Crippen LogP contribution in [0.25, 0.3) is 10.9 Å². The lowest BCUT2D eigenvalue weighted by Gasteiger charge is -2.08. The molecule has 0 saturated heterocycles. The summed E-state index contributed by atoms with van der Waals surface area (Å²) >= 11 is 0. The van der Waals surface area contributed by atoms with E-state index in [0.717, 1.165) is 16.5 Å². The highest BCUT2D eigenvalue weighted by molar-refractivity contribution is 6.05. The van der Waals surface area contributed by atoms with Crippen LogP contribution in [0.15, 0.2) is 72.8 Å². The summed E-state index contributed by atoms with van der Waals surface area (Å²) in [5.74, 6) is -1.03. The van der Waals surface area contributed by atoms with Gasteiger partial charge in [0.05, 0.1) is 5.52 Å². The van der Waals surface area contributed by atoms with Crippen molar-refractivity contribution >= 4 is 28.4 Å². The Balaban J connectivity index is 1.41. The SMILES string of the molecule is O=C(Nc1cccc(CNC(=O)c2n[nH]c3ccccc23)c1)c1ccc(F)cc1. The van der Waals surface area contributed by atoms with Crippen LogP contribution in [0.5, 0.6) is 0 Å². The van der Waals surface area contributed by atoms with Gasteiger partial charge in [0.25, 0.3) is 11.8 Å². The van der Waals surface area contributed by atoms with Crippen LogP contribution >= 0.6 is 0 Å². The summed E-state index contributed by atoms with van der Waals surface area (Å²) in [5.41, 5.74) is 2.88. The zero-order valence-corrected chi connectivity index (χ0v) is 15.3. The third-order valence-corrected chi connectivity index (χ3v) is 4.43. The number of nitrogens with one attached hydrogen (secondary N) is 3. The first-order valence-electron chi connectivity index (χ1n) is 8.97. The van der Waals surface area contributed by atoms with Gasteiger partial charge in [0.1, 0.15) is 5.82 Å². The molecule has 0 saturated carbocycles. The van der Waals surface area contributed by atoms with Gasteiger partial charge in [-0.25, -0.2) is 4.39 Å². The molecule has 0 fully saturated rings. The molecule has 1 heterocycles. The van der Waals surface area contributed by atoms with Crippen LogP contribution in [0.3, 0.4) is 0 Å². The summed E-state index contributed by atoms with van der Waals surface area (Å²) in [5, 5.41) is 13.3. The van der Waals surface area contributed by atoms with Gasteiger partial charge < -0.3 is 10.6 Å². The van der Waals surface area contributed by atoms with Crippen molar-refractivity contribution in [1.82, 2.24) is 15.5 Å². The maximum Gasteiger partial charge on any atom is 0.272 e. The number of hydrogen-bond donors (Lipinski definition) is 3.